The largest absolute Gasteiger partial charge is 0.365 e. The number of carbonyl (C=O) groups excluding carboxylic acids is 1. The van der Waals surface area contributed by atoms with E-state index in [1.165, 1.54) is 18.2 Å². The number of nitrogens with two attached hydrogens (primary N) is 1. The quantitative estimate of drug-likeness (QED) is 0.882. The summed E-state index contributed by atoms with van der Waals surface area (Å²) in [6.07, 6.45) is 1.04. The molecule has 6 nitrogen and oxygen atoms in total. The van der Waals surface area contributed by atoms with Gasteiger partial charge in [-0.3, -0.25) is 4.79 Å². The summed E-state index contributed by atoms with van der Waals surface area (Å²) in [5.41, 5.74) is 0.326. The fourth-order valence-electron chi connectivity index (χ4n) is 1.98. The third kappa shape index (κ3) is 3.49. The van der Waals surface area contributed by atoms with E-state index in [2.05, 4.69) is 5.32 Å². The molecule has 20 heavy (non-hydrogen) atoms. The molecule has 110 valence electrons. The first-order valence-corrected chi connectivity index (χ1v) is 7.98. The van der Waals surface area contributed by atoms with Crippen LogP contribution in [0.5, 0.6) is 0 Å². The number of rotatable bonds is 3. The van der Waals surface area contributed by atoms with Crippen LogP contribution in [0.25, 0.3) is 0 Å². The van der Waals surface area contributed by atoms with Gasteiger partial charge in [0.25, 0.3) is 5.91 Å². The number of anilines is 1. The van der Waals surface area contributed by atoms with Crippen LogP contribution in [0.15, 0.2) is 23.1 Å². The summed E-state index contributed by atoms with van der Waals surface area (Å²) in [6, 6.07) is 3.89. The zero-order valence-corrected chi connectivity index (χ0v) is 12.4. The standard InChI is InChI=1S/C12H15ClN2O4S/c1-7-2-5-11(19-7)12(16)15-10-4-3-8(6-9(10)13)20(14,17)18/h3-4,6-7,11H,2,5H2,1H3,(H,15,16)(H2,14,17,18). The minimum atomic E-state index is -3.82. The van der Waals surface area contributed by atoms with Gasteiger partial charge in [-0.25, -0.2) is 13.6 Å². The Kier molecular flexibility index (Phi) is 4.33. The molecule has 1 heterocycles. The molecule has 0 bridgehead atoms. The molecule has 1 aliphatic heterocycles. The maximum atomic E-state index is 12.0. The van der Waals surface area contributed by atoms with E-state index in [0.717, 1.165) is 6.42 Å². The first-order chi connectivity index (χ1) is 9.27. The van der Waals surface area contributed by atoms with E-state index in [1.807, 2.05) is 6.92 Å². The second-order valence-corrected chi connectivity index (χ2v) is 6.66. The smallest absolute Gasteiger partial charge is 0.253 e. The fraction of sp³-hybridized carbons (Fsp3) is 0.417. The van der Waals surface area contributed by atoms with Crippen molar-refractivity contribution in [2.24, 2.45) is 5.14 Å². The molecule has 2 unspecified atom stereocenters. The number of nitrogens with one attached hydrogen (secondary N) is 1. The molecule has 0 radical (unpaired) electrons. The predicted octanol–water partition coefficient (Wildman–Crippen LogP) is 1.49. The average Bonchev–Trinajstić information content (AvgIpc) is 2.77. The summed E-state index contributed by atoms with van der Waals surface area (Å²) in [5, 5.41) is 7.73. The minimum absolute atomic E-state index is 0.0611. The predicted molar refractivity (Wildman–Crippen MR) is 75.0 cm³/mol. The first kappa shape index (κ1) is 15.2. The Bertz CT molecular complexity index is 632. The molecule has 0 saturated carbocycles. The van der Waals surface area contributed by atoms with Crippen molar-refractivity contribution < 1.29 is 17.9 Å². The SMILES string of the molecule is CC1CCC(C(=O)Nc2ccc(S(N)(=O)=O)cc2Cl)O1. The Balaban J connectivity index is 2.12. The Hall–Kier alpha value is -1.15. The van der Waals surface area contributed by atoms with Crippen LogP contribution < -0.4 is 10.5 Å². The third-order valence-corrected chi connectivity index (χ3v) is 4.28. The Morgan fingerprint density at radius 3 is 2.65 bits per heavy atom. The second kappa shape index (κ2) is 5.69. The van der Waals surface area contributed by atoms with Gasteiger partial charge in [-0.2, -0.15) is 0 Å². The highest BCUT2D eigenvalue weighted by Gasteiger charge is 2.28. The van der Waals surface area contributed by atoms with Gasteiger partial charge in [0.05, 0.1) is 21.7 Å². The molecule has 1 aromatic carbocycles. The highest BCUT2D eigenvalue weighted by Crippen LogP contribution is 2.26. The molecule has 1 aliphatic rings. The zero-order chi connectivity index (χ0) is 14.9. The second-order valence-electron chi connectivity index (χ2n) is 4.69. The van der Waals surface area contributed by atoms with Crippen molar-refractivity contribution in [1.29, 1.82) is 0 Å². The molecule has 0 aliphatic carbocycles. The van der Waals surface area contributed by atoms with Crippen molar-refractivity contribution in [3.8, 4) is 0 Å². The topological polar surface area (TPSA) is 98.5 Å². The van der Waals surface area contributed by atoms with Gasteiger partial charge >= 0.3 is 0 Å². The maximum absolute atomic E-state index is 12.0. The van der Waals surface area contributed by atoms with Crippen LogP contribution in [0, 0.1) is 0 Å². The molecule has 2 atom stereocenters. The number of amides is 1. The molecule has 1 fully saturated rings. The van der Waals surface area contributed by atoms with E-state index in [1.54, 1.807) is 0 Å². The number of carbonyl (C=O) groups is 1. The van der Waals surface area contributed by atoms with E-state index in [0.29, 0.717) is 12.1 Å². The average molecular weight is 319 g/mol. The van der Waals surface area contributed by atoms with Crippen molar-refractivity contribution >= 4 is 33.2 Å². The van der Waals surface area contributed by atoms with Crippen LogP contribution in [0.1, 0.15) is 19.8 Å². The van der Waals surface area contributed by atoms with Crippen molar-refractivity contribution in [2.75, 3.05) is 5.32 Å². The summed E-state index contributed by atoms with van der Waals surface area (Å²) >= 11 is 5.94. The van der Waals surface area contributed by atoms with E-state index in [4.69, 9.17) is 21.5 Å². The highest BCUT2D eigenvalue weighted by atomic mass is 35.5. The lowest BCUT2D eigenvalue weighted by atomic mass is 10.2. The lowest BCUT2D eigenvalue weighted by Crippen LogP contribution is -2.27. The highest BCUT2D eigenvalue weighted by molar-refractivity contribution is 7.89. The minimum Gasteiger partial charge on any atom is -0.365 e. The number of hydrogen-bond acceptors (Lipinski definition) is 4. The molecule has 2 rings (SSSR count). The van der Waals surface area contributed by atoms with Crippen LogP contribution in [0.4, 0.5) is 5.69 Å². The molecule has 0 spiro atoms. The van der Waals surface area contributed by atoms with Gasteiger partial charge in [-0.05, 0) is 38.0 Å². The van der Waals surface area contributed by atoms with Crippen molar-refractivity contribution in [1.82, 2.24) is 0 Å². The number of halogens is 1. The van der Waals surface area contributed by atoms with E-state index in [9.17, 15) is 13.2 Å². The van der Waals surface area contributed by atoms with Crippen LogP contribution in [0.2, 0.25) is 5.02 Å². The zero-order valence-electron chi connectivity index (χ0n) is 10.8. The van der Waals surface area contributed by atoms with Crippen LogP contribution in [0.3, 0.4) is 0 Å². The third-order valence-electron chi connectivity index (χ3n) is 3.05. The number of benzene rings is 1. The summed E-state index contributed by atoms with van der Waals surface area (Å²) < 4.78 is 27.8. The Morgan fingerprint density at radius 1 is 1.45 bits per heavy atom. The molecule has 8 heteroatoms. The van der Waals surface area contributed by atoms with Crippen molar-refractivity contribution in [3.63, 3.8) is 0 Å². The van der Waals surface area contributed by atoms with E-state index in [-0.39, 0.29) is 21.9 Å². The van der Waals surface area contributed by atoms with Gasteiger partial charge in [0.1, 0.15) is 6.10 Å². The first-order valence-electron chi connectivity index (χ1n) is 6.06. The van der Waals surface area contributed by atoms with Gasteiger partial charge in [0.15, 0.2) is 0 Å². The van der Waals surface area contributed by atoms with Crippen LogP contribution in [-0.2, 0) is 19.6 Å². The van der Waals surface area contributed by atoms with E-state index < -0.39 is 16.1 Å². The molecule has 1 aromatic rings. The summed E-state index contributed by atoms with van der Waals surface area (Å²) in [4.78, 5) is 11.9. The molecule has 0 aromatic heterocycles. The number of sulfonamides is 1. The number of hydrogen-bond donors (Lipinski definition) is 2. The summed E-state index contributed by atoms with van der Waals surface area (Å²) in [7, 11) is -3.82. The van der Waals surface area contributed by atoms with Gasteiger partial charge in [0.2, 0.25) is 10.0 Å². The molecular formula is C12H15ClN2O4S. The fourth-order valence-corrected chi connectivity index (χ4v) is 2.82. The van der Waals surface area contributed by atoms with Gasteiger partial charge in [0, 0.05) is 0 Å². The molecule has 3 N–H and O–H groups in total. The van der Waals surface area contributed by atoms with Gasteiger partial charge in [-0.15, -0.1) is 0 Å². The molecular weight excluding hydrogens is 304 g/mol. The van der Waals surface area contributed by atoms with E-state index >= 15 is 0 Å². The normalized spacial score (nSPS) is 22.8. The van der Waals surface area contributed by atoms with Gasteiger partial charge < -0.3 is 10.1 Å². The van der Waals surface area contributed by atoms with Crippen molar-refractivity contribution in [3.05, 3.63) is 23.2 Å². The summed E-state index contributed by atoms with van der Waals surface area (Å²) in [6.45, 7) is 1.90. The maximum Gasteiger partial charge on any atom is 0.253 e. The van der Waals surface area contributed by atoms with Crippen LogP contribution in [-0.4, -0.2) is 26.5 Å². The van der Waals surface area contributed by atoms with Crippen molar-refractivity contribution in [2.45, 2.75) is 36.9 Å². The lowest BCUT2D eigenvalue weighted by Gasteiger charge is -2.13. The monoisotopic (exact) mass is 318 g/mol. The molecule has 1 amide bonds. The number of ether oxygens (including phenoxy) is 1. The Morgan fingerprint density at radius 2 is 2.15 bits per heavy atom. The molecule has 1 saturated heterocycles. The number of primary sulfonamides is 1. The Labute approximate surface area is 122 Å². The lowest BCUT2D eigenvalue weighted by molar-refractivity contribution is -0.126. The van der Waals surface area contributed by atoms with Gasteiger partial charge in [-0.1, -0.05) is 11.6 Å². The van der Waals surface area contributed by atoms with Crippen LogP contribution >= 0.6 is 11.6 Å². The summed E-state index contributed by atoms with van der Waals surface area (Å²) in [5.74, 6) is -0.292.